The first-order valence-corrected chi connectivity index (χ1v) is 8.54. The summed E-state index contributed by atoms with van der Waals surface area (Å²) < 4.78 is 0. The molecule has 0 spiro atoms. The first kappa shape index (κ1) is 14.7. The molecule has 1 fully saturated rings. The van der Waals surface area contributed by atoms with E-state index in [1.165, 1.54) is 17.0 Å². The fraction of sp³-hybridized carbons (Fsp3) is 0.625. The van der Waals surface area contributed by atoms with Gasteiger partial charge in [0.05, 0.1) is 5.69 Å². The van der Waals surface area contributed by atoms with Crippen LogP contribution in [0.15, 0.2) is 29.2 Å². The number of anilines is 1. The summed E-state index contributed by atoms with van der Waals surface area (Å²) in [5.41, 5.74) is 1.41. The molecular weight excluding hydrogens is 252 g/mol. The summed E-state index contributed by atoms with van der Waals surface area (Å²) in [6.45, 7) is 9.17. The van der Waals surface area contributed by atoms with E-state index in [0.717, 1.165) is 13.1 Å². The van der Waals surface area contributed by atoms with Crippen molar-refractivity contribution in [1.29, 1.82) is 0 Å². The van der Waals surface area contributed by atoms with Gasteiger partial charge < -0.3 is 10.2 Å². The summed E-state index contributed by atoms with van der Waals surface area (Å²) in [4.78, 5) is 3.98. The smallest absolute Gasteiger partial charge is 0.0506 e. The first-order valence-electron chi connectivity index (χ1n) is 7.32. The largest absolute Gasteiger partial charge is 0.368 e. The van der Waals surface area contributed by atoms with E-state index in [-0.39, 0.29) is 0 Å². The van der Waals surface area contributed by atoms with E-state index in [1.807, 2.05) is 11.8 Å². The lowest BCUT2D eigenvalue weighted by molar-refractivity contribution is 0.273. The molecule has 2 nitrogen and oxygen atoms in total. The second-order valence-corrected chi connectivity index (χ2v) is 6.27. The maximum Gasteiger partial charge on any atom is 0.0506 e. The van der Waals surface area contributed by atoms with Crippen LogP contribution in [0, 0.1) is 5.92 Å². The average molecular weight is 278 g/mol. The van der Waals surface area contributed by atoms with Gasteiger partial charge >= 0.3 is 0 Å². The highest BCUT2D eigenvalue weighted by Gasteiger charge is 2.32. The van der Waals surface area contributed by atoms with Crippen molar-refractivity contribution in [1.82, 2.24) is 5.32 Å². The van der Waals surface area contributed by atoms with Gasteiger partial charge in [-0.25, -0.2) is 0 Å². The van der Waals surface area contributed by atoms with Crippen LogP contribution in [0.2, 0.25) is 0 Å². The first-order chi connectivity index (χ1) is 9.19. The minimum Gasteiger partial charge on any atom is -0.368 e. The van der Waals surface area contributed by atoms with Gasteiger partial charge in [0.2, 0.25) is 0 Å². The number of benzene rings is 1. The molecule has 1 heterocycles. The molecule has 2 rings (SSSR count). The van der Waals surface area contributed by atoms with Crippen LogP contribution < -0.4 is 10.2 Å². The minimum absolute atomic E-state index is 0.589. The van der Waals surface area contributed by atoms with Crippen molar-refractivity contribution in [2.75, 3.05) is 24.2 Å². The number of para-hydroxylation sites is 1. The standard InChI is InChI=1S/C16H26N2S/c1-5-17-14-10-11-18(13(3)12(14)2)15-8-6-7-9-16(15)19-4/h6-9,12-14,17H,5,10-11H2,1-4H3. The Morgan fingerprint density at radius 3 is 2.74 bits per heavy atom. The molecule has 1 aromatic carbocycles. The number of nitrogens with one attached hydrogen (secondary N) is 1. The lowest BCUT2D eigenvalue weighted by Gasteiger charge is -2.44. The maximum absolute atomic E-state index is 3.63. The van der Waals surface area contributed by atoms with Crippen LogP contribution in [-0.4, -0.2) is 31.4 Å². The molecule has 1 saturated heterocycles. The number of piperidine rings is 1. The summed E-state index contributed by atoms with van der Waals surface area (Å²) in [6.07, 6.45) is 3.40. The van der Waals surface area contributed by atoms with Crippen molar-refractivity contribution in [3.63, 3.8) is 0 Å². The Morgan fingerprint density at radius 1 is 1.32 bits per heavy atom. The van der Waals surface area contributed by atoms with E-state index in [9.17, 15) is 0 Å². The third-order valence-electron chi connectivity index (χ3n) is 4.43. The summed E-state index contributed by atoms with van der Waals surface area (Å²) in [5.74, 6) is 0.684. The summed E-state index contributed by atoms with van der Waals surface area (Å²) in [5, 5.41) is 3.63. The minimum atomic E-state index is 0.589. The molecule has 3 heteroatoms. The highest BCUT2D eigenvalue weighted by molar-refractivity contribution is 7.98. The van der Waals surface area contributed by atoms with Crippen molar-refractivity contribution < 1.29 is 0 Å². The summed E-state index contributed by atoms with van der Waals surface area (Å²) in [7, 11) is 0. The molecule has 3 atom stereocenters. The fourth-order valence-electron chi connectivity index (χ4n) is 3.12. The normalized spacial score (nSPS) is 27.6. The van der Waals surface area contributed by atoms with Crippen molar-refractivity contribution in [2.24, 2.45) is 5.92 Å². The quantitative estimate of drug-likeness (QED) is 0.847. The molecule has 0 radical (unpaired) electrons. The van der Waals surface area contributed by atoms with E-state index in [1.54, 1.807) is 0 Å². The van der Waals surface area contributed by atoms with Crippen LogP contribution in [0.4, 0.5) is 5.69 Å². The second kappa shape index (κ2) is 6.67. The Labute approximate surface area is 122 Å². The van der Waals surface area contributed by atoms with Crippen LogP contribution in [0.5, 0.6) is 0 Å². The Kier molecular flexibility index (Phi) is 5.17. The fourth-order valence-corrected chi connectivity index (χ4v) is 3.73. The Morgan fingerprint density at radius 2 is 2.05 bits per heavy atom. The van der Waals surface area contributed by atoms with E-state index in [4.69, 9.17) is 0 Å². The number of nitrogens with zero attached hydrogens (tertiary/aromatic N) is 1. The number of hydrogen-bond acceptors (Lipinski definition) is 3. The van der Waals surface area contributed by atoms with Gasteiger partial charge in [0.1, 0.15) is 0 Å². The second-order valence-electron chi connectivity index (χ2n) is 5.42. The third-order valence-corrected chi connectivity index (χ3v) is 5.21. The molecular formula is C16H26N2S. The molecule has 0 saturated carbocycles. The van der Waals surface area contributed by atoms with E-state index in [0.29, 0.717) is 18.0 Å². The van der Waals surface area contributed by atoms with Crippen molar-refractivity contribution >= 4 is 17.4 Å². The molecule has 1 aromatic rings. The van der Waals surface area contributed by atoms with Crippen LogP contribution in [0.3, 0.4) is 0 Å². The highest BCUT2D eigenvalue weighted by atomic mass is 32.2. The highest BCUT2D eigenvalue weighted by Crippen LogP contribution is 2.34. The van der Waals surface area contributed by atoms with Gasteiger partial charge in [-0.1, -0.05) is 26.0 Å². The molecule has 0 amide bonds. The number of hydrogen-bond donors (Lipinski definition) is 1. The van der Waals surface area contributed by atoms with Gasteiger partial charge in [-0.05, 0) is 44.2 Å². The van der Waals surface area contributed by atoms with E-state index >= 15 is 0 Å². The average Bonchev–Trinajstić information content (AvgIpc) is 2.44. The van der Waals surface area contributed by atoms with Crippen molar-refractivity contribution in [3.05, 3.63) is 24.3 Å². The van der Waals surface area contributed by atoms with Gasteiger partial charge in [0, 0.05) is 23.5 Å². The topological polar surface area (TPSA) is 15.3 Å². The van der Waals surface area contributed by atoms with Gasteiger partial charge in [-0.2, -0.15) is 0 Å². The molecule has 1 aliphatic rings. The zero-order valence-electron chi connectivity index (χ0n) is 12.5. The van der Waals surface area contributed by atoms with Crippen LogP contribution >= 0.6 is 11.8 Å². The lowest BCUT2D eigenvalue weighted by Crippen LogP contribution is -2.53. The zero-order valence-corrected chi connectivity index (χ0v) is 13.3. The molecule has 3 unspecified atom stereocenters. The molecule has 106 valence electrons. The lowest BCUT2D eigenvalue weighted by atomic mass is 9.86. The van der Waals surface area contributed by atoms with Gasteiger partial charge in [-0.3, -0.25) is 0 Å². The van der Waals surface area contributed by atoms with Crippen LogP contribution in [-0.2, 0) is 0 Å². The van der Waals surface area contributed by atoms with Crippen molar-refractivity contribution in [2.45, 2.75) is 44.2 Å². The van der Waals surface area contributed by atoms with Crippen LogP contribution in [0.1, 0.15) is 27.2 Å². The summed E-state index contributed by atoms with van der Waals surface area (Å²) >= 11 is 1.85. The summed E-state index contributed by atoms with van der Waals surface area (Å²) in [6, 6.07) is 10.0. The van der Waals surface area contributed by atoms with Gasteiger partial charge in [0.15, 0.2) is 0 Å². The van der Waals surface area contributed by atoms with Crippen molar-refractivity contribution in [3.8, 4) is 0 Å². The maximum atomic E-state index is 3.63. The predicted molar refractivity (Wildman–Crippen MR) is 86.3 cm³/mol. The molecule has 0 aromatic heterocycles. The van der Waals surface area contributed by atoms with Gasteiger partial charge in [-0.15, -0.1) is 11.8 Å². The third kappa shape index (κ3) is 3.09. The van der Waals surface area contributed by atoms with Gasteiger partial charge in [0.25, 0.3) is 0 Å². The SMILES string of the molecule is CCNC1CCN(c2ccccc2SC)C(C)C1C. The molecule has 0 bridgehead atoms. The van der Waals surface area contributed by atoms with E-state index in [2.05, 4.69) is 61.5 Å². The molecule has 1 N–H and O–H groups in total. The molecule has 1 aliphatic heterocycles. The van der Waals surface area contributed by atoms with E-state index < -0.39 is 0 Å². The number of rotatable bonds is 4. The Hall–Kier alpha value is -0.670. The molecule has 19 heavy (non-hydrogen) atoms. The monoisotopic (exact) mass is 278 g/mol. The zero-order chi connectivity index (χ0) is 13.8. The van der Waals surface area contributed by atoms with Crippen LogP contribution in [0.25, 0.3) is 0 Å². The molecule has 0 aliphatic carbocycles. The Bertz CT molecular complexity index is 407. The number of thioether (sulfide) groups is 1. The Balaban J connectivity index is 2.18. The predicted octanol–water partition coefficient (Wildman–Crippen LogP) is 3.62.